The van der Waals surface area contributed by atoms with Crippen molar-refractivity contribution in [2.24, 2.45) is 10.9 Å². The summed E-state index contributed by atoms with van der Waals surface area (Å²) in [5.74, 6) is -1.01. The summed E-state index contributed by atoms with van der Waals surface area (Å²) in [5.41, 5.74) is 1.26. The number of nitrogens with zero attached hydrogens (tertiary/aromatic N) is 1. The average Bonchev–Trinajstić information content (AvgIpc) is 3.01. The van der Waals surface area contributed by atoms with E-state index in [1.54, 1.807) is 30.3 Å². The molecular weight excluding hydrogens is 446 g/mol. The van der Waals surface area contributed by atoms with Crippen LogP contribution in [-0.2, 0) is 24.3 Å². The van der Waals surface area contributed by atoms with Crippen molar-refractivity contribution < 1.29 is 27.5 Å². The number of amidine groups is 1. The van der Waals surface area contributed by atoms with Crippen molar-refractivity contribution in [3.05, 3.63) is 59.7 Å². The van der Waals surface area contributed by atoms with E-state index in [2.05, 4.69) is 15.0 Å². The second-order valence-electron chi connectivity index (χ2n) is 8.01. The fourth-order valence-electron chi connectivity index (χ4n) is 3.14. The maximum absolute atomic E-state index is 12.4. The number of rotatable bonds is 8. The summed E-state index contributed by atoms with van der Waals surface area (Å²) in [6.07, 6.45) is 0.395. The number of carbonyl (C=O) groups is 3. The van der Waals surface area contributed by atoms with Gasteiger partial charge in [-0.15, -0.1) is 0 Å². The lowest BCUT2D eigenvalue weighted by Crippen LogP contribution is -2.27. The highest BCUT2D eigenvalue weighted by atomic mass is 32.2. The van der Waals surface area contributed by atoms with Crippen molar-refractivity contribution >= 4 is 39.2 Å². The number of hydrogen-bond acceptors (Lipinski definition) is 7. The molecule has 3 rings (SSSR count). The Labute approximate surface area is 192 Å². The number of carbonyl (C=O) groups excluding carboxylic acids is 3. The number of aliphatic imine (C=N–C) groups is 1. The Morgan fingerprint density at radius 2 is 1.70 bits per heavy atom. The molecule has 1 aliphatic rings. The average molecular weight is 472 g/mol. The standard InChI is InChI=1S/C23H25N3O6S/c1-14(2)12-21(28)25-17-10-8-16(9-11-17)19(27)13-32-23(29)15(3)24-22-18-6-4-5-7-20(18)33(30,31)26-22/h4-11,14-15H,12-13H2,1-3H3,(H,24,26)(H,25,28)/t15-/m0/s1. The quantitative estimate of drug-likeness (QED) is 0.449. The molecule has 10 heteroatoms. The van der Waals surface area contributed by atoms with E-state index in [0.29, 0.717) is 23.2 Å². The first-order chi connectivity index (χ1) is 15.6. The smallest absolute Gasteiger partial charge is 0.331 e. The second kappa shape index (κ2) is 9.95. The predicted octanol–water partition coefficient (Wildman–Crippen LogP) is 2.52. The molecule has 1 heterocycles. The van der Waals surface area contributed by atoms with Gasteiger partial charge in [0.1, 0.15) is 11.9 Å². The summed E-state index contributed by atoms with van der Waals surface area (Å²) >= 11 is 0. The molecular formula is C23H25N3O6S. The van der Waals surface area contributed by atoms with Crippen LogP contribution in [-0.4, -0.2) is 44.6 Å². The van der Waals surface area contributed by atoms with E-state index in [0.717, 1.165) is 0 Å². The lowest BCUT2D eigenvalue weighted by molar-refractivity contribution is -0.143. The van der Waals surface area contributed by atoms with Gasteiger partial charge < -0.3 is 10.1 Å². The minimum atomic E-state index is -3.72. The Morgan fingerprint density at radius 1 is 1.03 bits per heavy atom. The third-order valence-corrected chi connectivity index (χ3v) is 6.15. The second-order valence-corrected chi connectivity index (χ2v) is 9.66. The molecule has 0 aromatic heterocycles. The highest BCUT2D eigenvalue weighted by molar-refractivity contribution is 7.90. The molecule has 0 bridgehead atoms. The van der Waals surface area contributed by atoms with Crippen molar-refractivity contribution in [1.29, 1.82) is 0 Å². The summed E-state index contributed by atoms with van der Waals surface area (Å²) in [4.78, 5) is 40.7. The Morgan fingerprint density at radius 3 is 2.36 bits per heavy atom. The van der Waals surface area contributed by atoms with Crippen LogP contribution in [0.15, 0.2) is 58.4 Å². The highest BCUT2D eigenvalue weighted by Crippen LogP contribution is 2.22. The molecule has 0 saturated carbocycles. The molecule has 0 unspecified atom stereocenters. The van der Waals surface area contributed by atoms with Crippen LogP contribution in [0, 0.1) is 5.92 Å². The Balaban J connectivity index is 1.57. The van der Waals surface area contributed by atoms with Gasteiger partial charge in [-0.25, -0.2) is 13.2 Å². The molecule has 2 aromatic rings. The van der Waals surface area contributed by atoms with Crippen LogP contribution < -0.4 is 10.0 Å². The van der Waals surface area contributed by atoms with Gasteiger partial charge in [-0.1, -0.05) is 26.0 Å². The fraction of sp³-hybridized carbons (Fsp3) is 0.304. The minimum absolute atomic E-state index is 0.0523. The molecule has 1 aliphatic heterocycles. The molecule has 0 fully saturated rings. The van der Waals surface area contributed by atoms with Crippen molar-refractivity contribution in [1.82, 2.24) is 4.72 Å². The first kappa shape index (κ1) is 24.1. The molecule has 1 atom stereocenters. The number of fused-ring (bicyclic) bond motifs is 1. The Hall–Kier alpha value is -3.53. The number of sulfonamides is 1. The van der Waals surface area contributed by atoms with E-state index in [1.165, 1.54) is 25.1 Å². The maximum Gasteiger partial charge on any atom is 0.331 e. The number of anilines is 1. The van der Waals surface area contributed by atoms with E-state index >= 15 is 0 Å². The topological polar surface area (TPSA) is 131 Å². The zero-order chi connectivity index (χ0) is 24.2. The third kappa shape index (κ3) is 6.04. The van der Waals surface area contributed by atoms with E-state index in [1.807, 2.05) is 13.8 Å². The normalized spacial score (nSPS) is 16.1. The summed E-state index contributed by atoms with van der Waals surface area (Å²) in [6.45, 7) is 4.85. The minimum Gasteiger partial charge on any atom is -0.456 e. The van der Waals surface area contributed by atoms with E-state index in [-0.39, 0.29) is 22.6 Å². The van der Waals surface area contributed by atoms with Crippen LogP contribution in [0.4, 0.5) is 5.69 Å². The lowest BCUT2D eigenvalue weighted by atomic mass is 10.1. The van der Waals surface area contributed by atoms with Gasteiger partial charge in [0.25, 0.3) is 10.0 Å². The summed E-state index contributed by atoms with van der Waals surface area (Å²) in [6, 6.07) is 11.5. The zero-order valence-corrected chi connectivity index (χ0v) is 19.3. The zero-order valence-electron chi connectivity index (χ0n) is 18.5. The van der Waals surface area contributed by atoms with Gasteiger partial charge in [0.15, 0.2) is 12.4 Å². The third-order valence-electron chi connectivity index (χ3n) is 4.76. The van der Waals surface area contributed by atoms with Crippen LogP contribution in [0.1, 0.15) is 43.1 Å². The maximum atomic E-state index is 12.4. The molecule has 0 saturated heterocycles. The first-order valence-corrected chi connectivity index (χ1v) is 11.8. The molecule has 0 radical (unpaired) electrons. The molecule has 2 aromatic carbocycles. The number of ketones is 1. The van der Waals surface area contributed by atoms with Crippen LogP contribution >= 0.6 is 0 Å². The summed E-state index contributed by atoms with van der Waals surface area (Å²) < 4.78 is 31.7. The number of Topliss-reactive ketones (excluding diaryl/α,β-unsaturated/α-hetero) is 1. The lowest BCUT2D eigenvalue weighted by Gasteiger charge is -2.10. The number of esters is 1. The van der Waals surface area contributed by atoms with Gasteiger partial charge in [0.05, 0.1) is 4.90 Å². The van der Waals surface area contributed by atoms with Gasteiger partial charge in [-0.3, -0.25) is 19.3 Å². The molecule has 0 aliphatic carbocycles. The molecule has 2 N–H and O–H groups in total. The number of ether oxygens (including phenoxy) is 1. The number of nitrogens with one attached hydrogen (secondary N) is 2. The Bertz CT molecular complexity index is 1200. The van der Waals surface area contributed by atoms with Crippen molar-refractivity contribution in [3.63, 3.8) is 0 Å². The molecule has 174 valence electrons. The molecule has 9 nitrogen and oxygen atoms in total. The SMILES string of the molecule is CC(C)CC(=O)Nc1ccc(C(=O)COC(=O)[C@H](C)N=C2NS(=O)(=O)c3ccccc32)cc1. The van der Waals surface area contributed by atoms with Crippen molar-refractivity contribution in [3.8, 4) is 0 Å². The first-order valence-electron chi connectivity index (χ1n) is 10.4. The van der Waals surface area contributed by atoms with Crippen molar-refractivity contribution in [2.75, 3.05) is 11.9 Å². The van der Waals surface area contributed by atoms with Crippen LogP contribution in [0.25, 0.3) is 0 Å². The largest absolute Gasteiger partial charge is 0.456 e. The number of amides is 1. The Kier molecular flexibility index (Phi) is 7.27. The highest BCUT2D eigenvalue weighted by Gasteiger charge is 2.31. The number of benzene rings is 2. The summed E-state index contributed by atoms with van der Waals surface area (Å²) in [5, 5.41) is 2.75. The van der Waals surface area contributed by atoms with E-state index < -0.39 is 34.4 Å². The van der Waals surface area contributed by atoms with Crippen LogP contribution in [0.5, 0.6) is 0 Å². The van der Waals surface area contributed by atoms with Crippen LogP contribution in [0.3, 0.4) is 0 Å². The van der Waals surface area contributed by atoms with Crippen molar-refractivity contribution in [2.45, 2.75) is 38.1 Å². The van der Waals surface area contributed by atoms with Crippen LogP contribution in [0.2, 0.25) is 0 Å². The molecule has 33 heavy (non-hydrogen) atoms. The van der Waals surface area contributed by atoms with E-state index in [4.69, 9.17) is 4.74 Å². The molecule has 1 amide bonds. The predicted molar refractivity (Wildman–Crippen MR) is 123 cm³/mol. The van der Waals surface area contributed by atoms with Gasteiger partial charge in [0, 0.05) is 23.2 Å². The van der Waals surface area contributed by atoms with Gasteiger partial charge in [-0.2, -0.15) is 0 Å². The van der Waals surface area contributed by atoms with Gasteiger partial charge in [-0.05, 0) is 49.2 Å². The summed E-state index contributed by atoms with van der Waals surface area (Å²) in [7, 11) is -3.72. The van der Waals surface area contributed by atoms with E-state index in [9.17, 15) is 22.8 Å². The van der Waals surface area contributed by atoms with Gasteiger partial charge >= 0.3 is 5.97 Å². The van der Waals surface area contributed by atoms with Gasteiger partial charge in [0.2, 0.25) is 5.91 Å². The molecule has 0 spiro atoms. The number of hydrogen-bond donors (Lipinski definition) is 2. The fourth-order valence-corrected chi connectivity index (χ4v) is 4.38. The monoisotopic (exact) mass is 471 g/mol.